The Hall–Kier alpha value is -3.38. The van der Waals surface area contributed by atoms with Crippen molar-refractivity contribution in [1.29, 1.82) is 0 Å². The van der Waals surface area contributed by atoms with E-state index in [0.29, 0.717) is 22.5 Å². The molecule has 0 fully saturated rings. The number of aromatic nitrogens is 2. The maximum atomic E-state index is 13.4. The van der Waals surface area contributed by atoms with Crippen LogP contribution in [-0.2, 0) is 0 Å². The van der Waals surface area contributed by atoms with Gasteiger partial charge in [-0.15, -0.1) is 0 Å². The summed E-state index contributed by atoms with van der Waals surface area (Å²) in [5, 5.41) is 10.3. The van der Waals surface area contributed by atoms with Crippen LogP contribution in [0.25, 0.3) is 28.7 Å². The van der Waals surface area contributed by atoms with Gasteiger partial charge < -0.3 is 9.84 Å². The summed E-state index contributed by atoms with van der Waals surface area (Å²) in [6.45, 7) is 1.96. The molecule has 4 rings (SSSR count). The van der Waals surface area contributed by atoms with E-state index < -0.39 is 0 Å². The monoisotopic (exact) mass is 462 g/mol. The number of methoxy groups -OCH3 is 1. The number of rotatable bonds is 4. The lowest BCUT2D eigenvalue weighted by atomic mass is 10.1. The zero-order valence-electron chi connectivity index (χ0n) is 16.5. The summed E-state index contributed by atoms with van der Waals surface area (Å²) in [5.74, 6) is 0.960. The Morgan fingerprint density at radius 1 is 1.07 bits per heavy atom. The average Bonchev–Trinajstić information content (AvgIpc) is 2.74. The Morgan fingerprint density at radius 3 is 2.63 bits per heavy atom. The Balaban J connectivity index is 1.94. The number of hydrogen-bond acceptors (Lipinski definition) is 4. The largest absolute Gasteiger partial charge is 0.504 e. The topological polar surface area (TPSA) is 64.3 Å². The highest BCUT2D eigenvalue weighted by molar-refractivity contribution is 9.10. The smallest absolute Gasteiger partial charge is 0.266 e. The predicted molar refractivity (Wildman–Crippen MR) is 123 cm³/mol. The van der Waals surface area contributed by atoms with E-state index in [-0.39, 0.29) is 11.3 Å². The van der Waals surface area contributed by atoms with Crippen LogP contribution in [0.4, 0.5) is 0 Å². The molecular formula is C24H19BrN2O3. The van der Waals surface area contributed by atoms with Gasteiger partial charge in [0.2, 0.25) is 0 Å². The molecule has 0 aliphatic carbocycles. The molecule has 150 valence electrons. The zero-order valence-corrected chi connectivity index (χ0v) is 18.1. The lowest BCUT2D eigenvalue weighted by Gasteiger charge is -2.14. The highest BCUT2D eigenvalue weighted by atomic mass is 79.9. The van der Waals surface area contributed by atoms with Crippen LogP contribution in [0.3, 0.4) is 0 Å². The first-order valence-electron chi connectivity index (χ1n) is 9.31. The SMILES string of the molecule is COc1cc(/C=C/c2nc3ccc(Br)cc3c(=O)n2-c2ccccc2C)ccc1O. The average molecular weight is 463 g/mol. The number of hydrogen-bond donors (Lipinski definition) is 1. The second kappa shape index (κ2) is 8.16. The molecule has 0 saturated carbocycles. The second-order valence-corrected chi connectivity index (χ2v) is 7.74. The second-order valence-electron chi connectivity index (χ2n) is 6.82. The lowest BCUT2D eigenvalue weighted by Crippen LogP contribution is -2.23. The number of benzene rings is 3. The molecule has 0 aliphatic heterocycles. The minimum absolute atomic E-state index is 0.0703. The molecule has 0 radical (unpaired) electrons. The van der Waals surface area contributed by atoms with Gasteiger partial charge in [0.1, 0.15) is 5.82 Å². The van der Waals surface area contributed by atoms with Gasteiger partial charge in [0.25, 0.3) is 5.56 Å². The van der Waals surface area contributed by atoms with Crippen LogP contribution in [0.5, 0.6) is 11.5 Å². The standard InChI is InChI=1S/C24H19BrN2O3/c1-15-5-3-4-6-20(15)27-23(12-8-16-7-11-21(28)22(13-16)30-2)26-19-10-9-17(25)14-18(19)24(27)29/h3-14,28H,1-2H3/b12-8+. The molecule has 5 nitrogen and oxygen atoms in total. The molecule has 0 bridgehead atoms. The van der Waals surface area contributed by atoms with Gasteiger partial charge in [-0.1, -0.05) is 46.3 Å². The van der Waals surface area contributed by atoms with Crippen LogP contribution in [0, 0.1) is 6.92 Å². The van der Waals surface area contributed by atoms with Crippen molar-refractivity contribution in [1.82, 2.24) is 9.55 Å². The highest BCUT2D eigenvalue weighted by Gasteiger charge is 2.13. The Morgan fingerprint density at radius 2 is 1.87 bits per heavy atom. The van der Waals surface area contributed by atoms with E-state index in [2.05, 4.69) is 15.9 Å². The molecule has 6 heteroatoms. The maximum Gasteiger partial charge on any atom is 0.266 e. The van der Waals surface area contributed by atoms with E-state index in [0.717, 1.165) is 21.3 Å². The van der Waals surface area contributed by atoms with E-state index in [1.165, 1.54) is 7.11 Å². The van der Waals surface area contributed by atoms with Crippen LogP contribution in [0.2, 0.25) is 0 Å². The third-order valence-electron chi connectivity index (χ3n) is 4.84. The molecular weight excluding hydrogens is 444 g/mol. The molecule has 1 aromatic heterocycles. The molecule has 3 aromatic carbocycles. The van der Waals surface area contributed by atoms with Crippen LogP contribution >= 0.6 is 15.9 Å². The first-order chi connectivity index (χ1) is 14.5. The summed E-state index contributed by atoms with van der Waals surface area (Å²) < 4.78 is 7.62. The molecule has 0 unspecified atom stereocenters. The van der Waals surface area contributed by atoms with Gasteiger partial charge >= 0.3 is 0 Å². The van der Waals surface area contributed by atoms with E-state index in [9.17, 15) is 9.90 Å². The van der Waals surface area contributed by atoms with Crippen molar-refractivity contribution in [2.75, 3.05) is 7.11 Å². The molecule has 1 heterocycles. The van der Waals surface area contributed by atoms with Crippen molar-refractivity contribution in [3.05, 3.63) is 92.4 Å². The Labute approximate surface area is 182 Å². The fraction of sp³-hybridized carbons (Fsp3) is 0.0833. The number of fused-ring (bicyclic) bond motifs is 1. The summed E-state index contributed by atoms with van der Waals surface area (Å²) in [7, 11) is 1.50. The van der Waals surface area contributed by atoms with E-state index in [1.54, 1.807) is 34.9 Å². The van der Waals surface area contributed by atoms with E-state index in [1.807, 2.05) is 49.4 Å². The van der Waals surface area contributed by atoms with Crippen LogP contribution in [0.1, 0.15) is 17.0 Å². The fourth-order valence-electron chi connectivity index (χ4n) is 3.30. The molecule has 0 atom stereocenters. The quantitative estimate of drug-likeness (QED) is 0.444. The molecule has 4 aromatic rings. The molecule has 0 spiro atoms. The zero-order chi connectivity index (χ0) is 21.3. The van der Waals surface area contributed by atoms with Gasteiger partial charge in [0.15, 0.2) is 11.5 Å². The highest BCUT2D eigenvalue weighted by Crippen LogP contribution is 2.27. The first-order valence-corrected chi connectivity index (χ1v) is 10.1. The normalized spacial score (nSPS) is 11.3. The van der Waals surface area contributed by atoms with Crippen molar-refractivity contribution in [2.45, 2.75) is 6.92 Å². The van der Waals surface area contributed by atoms with E-state index in [4.69, 9.17) is 9.72 Å². The fourth-order valence-corrected chi connectivity index (χ4v) is 3.66. The van der Waals surface area contributed by atoms with Crippen molar-refractivity contribution in [3.8, 4) is 17.2 Å². The van der Waals surface area contributed by atoms with Gasteiger partial charge in [0.05, 0.1) is 23.7 Å². The Bertz CT molecular complexity index is 1340. The van der Waals surface area contributed by atoms with Crippen LogP contribution in [-0.4, -0.2) is 21.8 Å². The van der Waals surface area contributed by atoms with Gasteiger partial charge in [-0.3, -0.25) is 9.36 Å². The lowest BCUT2D eigenvalue weighted by molar-refractivity contribution is 0.373. The van der Waals surface area contributed by atoms with Crippen molar-refractivity contribution in [3.63, 3.8) is 0 Å². The predicted octanol–water partition coefficient (Wildman–Crippen LogP) is 5.34. The van der Waals surface area contributed by atoms with Gasteiger partial charge in [-0.05, 0) is 60.5 Å². The molecule has 0 saturated heterocycles. The number of phenols is 1. The summed E-state index contributed by atoms with van der Waals surface area (Å²) in [6, 6.07) is 18.2. The maximum absolute atomic E-state index is 13.4. The van der Waals surface area contributed by atoms with Crippen molar-refractivity contribution < 1.29 is 9.84 Å². The number of para-hydroxylation sites is 1. The first kappa shape index (κ1) is 19.9. The van der Waals surface area contributed by atoms with Gasteiger partial charge in [-0.2, -0.15) is 0 Å². The number of ether oxygens (including phenoxy) is 1. The summed E-state index contributed by atoms with van der Waals surface area (Å²) in [5.41, 5.74) is 3.04. The number of halogens is 1. The van der Waals surface area contributed by atoms with Crippen molar-refractivity contribution in [2.24, 2.45) is 0 Å². The van der Waals surface area contributed by atoms with E-state index >= 15 is 0 Å². The Kier molecular flexibility index (Phi) is 5.42. The number of aromatic hydroxyl groups is 1. The van der Waals surface area contributed by atoms with Crippen LogP contribution in [0.15, 0.2) is 69.9 Å². The summed E-state index contributed by atoms with van der Waals surface area (Å²) in [4.78, 5) is 18.2. The molecule has 0 amide bonds. The third-order valence-corrected chi connectivity index (χ3v) is 5.33. The third kappa shape index (κ3) is 3.74. The minimum atomic E-state index is -0.140. The molecule has 30 heavy (non-hydrogen) atoms. The minimum Gasteiger partial charge on any atom is -0.504 e. The molecule has 0 aliphatic rings. The van der Waals surface area contributed by atoms with Gasteiger partial charge in [0, 0.05) is 4.47 Å². The van der Waals surface area contributed by atoms with Gasteiger partial charge in [-0.25, -0.2) is 4.98 Å². The number of phenolic OH excluding ortho intramolecular Hbond substituents is 1. The molecule has 1 N–H and O–H groups in total. The summed E-state index contributed by atoms with van der Waals surface area (Å²) in [6.07, 6.45) is 3.63. The van der Waals surface area contributed by atoms with Crippen molar-refractivity contribution >= 4 is 39.0 Å². The van der Waals surface area contributed by atoms with Crippen LogP contribution < -0.4 is 10.3 Å². The summed E-state index contributed by atoms with van der Waals surface area (Å²) >= 11 is 3.44. The number of nitrogens with zero attached hydrogens (tertiary/aromatic N) is 2. The number of aryl methyl sites for hydroxylation is 1.